The molecule has 0 aliphatic rings. The molecule has 0 aromatic carbocycles. The Kier molecular flexibility index (Phi) is 38.4. The lowest BCUT2D eigenvalue weighted by Crippen LogP contribution is -2.30. The highest BCUT2D eigenvalue weighted by Gasteiger charge is 2.27. The van der Waals surface area contributed by atoms with Crippen molar-refractivity contribution in [3.8, 4) is 0 Å². The van der Waals surface area contributed by atoms with E-state index in [4.69, 9.17) is 19.1 Å². The molecule has 0 heterocycles. The van der Waals surface area contributed by atoms with Gasteiger partial charge in [0.2, 0.25) is 0 Å². The van der Waals surface area contributed by atoms with Gasteiger partial charge in [0.15, 0.2) is 6.10 Å². The Morgan fingerprint density at radius 3 is 1.74 bits per heavy atom. The molecular weight excluding hydrogens is 759 g/mol. The smallest absolute Gasteiger partial charge is 0.462 e. The van der Waals surface area contributed by atoms with E-state index >= 15 is 0 Å². The fourth-order valence-corrected chi connectivity index (χ4v) is 5.82. The Bertz CT molecular complexity index is 1300. The van der Waals surface area contributed by atoms with Crippen molar-refractivity contribution in [2.45, 2.75) is 154 Å². The number of phosphoric acid groups is 1. The molecule has 0 saturated carbocycles. The molecule has 2 unspecified atom stereocenters. The monoisotopic (exact) mass is 835 g/mol. The summed E-state index contributed by atoms with van der Waals surface area (Å²) in [6.07, 6.45) is 45.4. The van der Waals surface area contributed by atoms with Crippen LogP contribution in [-0.4, -0.2) is 76.9 Å². The number of ether oxygens (including phenoxy) is 2. The Hall–Kier alpha value is -3.15. The SMILES string of the molecule is CC/C=C\C/C=C\C/C=C\C/C=C\C=C\C(O)CCCC(=O)O[C@H](COC(=O)CCCCCC/C=C\C/C=C\C/C=C\CCCCC)COP(=O)(O)OC[C@@H](O)CO. The van der Waals surface area contributed by atoms with Crippen LogP contribution in [0.1, 0.15) is 136 Å². The molecule has 0 fully saturated rings. The van der Waals surface area contributed by atoms with E-state index in [1.54, 1.807) is 12.2 Å². The third-order valence-corrected chi connectivity index (χ3v) is 9.28. The molecule has 0 aromatic rings. The quantitative estimate of drug-likeness (QED) is 0.0154. The van der Waals surface area contributed by atoms with Gasteiger partial charge in [0, 0.05) is 12.8 Å². The number of hydrogen-bond acceptors (Lipinski definition) is 10. The first-order chi connectivity index (χ1) is 28.1. The van der Waals surface area contributed by atoms with Gasteiger partial charge in [-0.05, 0) is 83.5 Å². The topological polar surface area (TPSA) is 169 Å². The molecule has 0 amide bonds. The van der Waals surface area contributed by atoms with Crippen LogP contribution in [0.2, 0.25) is 0 Å². The third-order valence-electron chi connectivity index (χ3n) is 8.33. The Morgan fingerprint density at radius 1 is 0.603 bits per heavy atom. The highest BCUT2D eigenvalue weighted by Crippen LogP contribution is 2.43. The fourth-order valence-electron chi connectivity index (χ4n) is 5.03. The number of aliphatic hydroxyl groups is 3. The molecule has 4 atom stereocenters. The zero-order valence-electron chi connectivity index (χ0n) is 35.3. The van der Waals surface area contributed by atoms with Crippen molar-refractivity contribution in [2.24, 2.45) is 0 Å². The van der Waals surface area contributed by atoms with Crippen LogP contribution in [-0.2, 0) is 32.7 Å². The van der Waals surface area contributed by atoms with Crippen molar-refractivity contribution in [1.29, 1.82) is 0 Å². The lowest BCUT2D eigenvalue weighted by molar-refractivity contribution is -0.161. The van der Waals surface area contributed by atoms with Gasteiger partial charge in [-0.15, -0.1) is 0 Å². The van der Waals surface area contributed by atoms with Crippen LogP contribution in [0.5, 0.6) is 0 Å². The molecule has 11 nitrogen and oxygen atoms in total. The van der Waals surface area contributed by atoms with Crippen molar-refractivity contribution < 1.29 is 52.9 Å². The summed E-state index contributed by atoms with van der Waals surface area (Å²) in [4.78, 5) is 35.0. The minimum atomic E-state index is -4.68. The van der Waals surface area contributed by atoms with Crippen LogP contribution in [0.25, 0.3) is 0 Å². The predicted molar refractivity (Wildman–Crippen MR) is 234 cm³/mol. The zero-order chi connectivity index (χ0) is 42.8. The van der Waals surface area contributed by atoms with Crippen molar-refractivity contribution in [3.05, 3.63) is 97.2 Å². The number of carbonyl (C=O) groups excluding carboxylic acids is 2. The average molecular weight is 835 g/mol. The standard InChI is InChI=1S/C46H75O11P/c1-3-5-7-9-11-13-15-17-18-19-20-22-24-26-28-30-32-36-45(50)54-40-44(41-56-58(52,53)55-39-43(49)38-47)57-46(51)37-33-35-42(48)34-31-29-27-25-23-21-16-14-12-10-8-6-4-2/h6,8,11-14,17-18,20-23,27,29,31,34,42-44,47-49H,3-5,7,9-10,15-16,19,24-26,28,30,32-33,35-41H2,1-2H3,(H,52,53)/b8-6-,13-11-,14-12-,18-17-,22-20-,23-21-,29-27-,34-31+/t42?,43-,44+/m0/s1. The summed E-state index contributed by atoms with van der Waals surface area (Å²) in [7, 11) is -4.68. The lowest BCUT2D eigenvalue weighted by Gasteiger charge is -2.20. The molecule has 0 radical (unpaired) electrons. The van der Waals surface area contributed by atoms with E-state index in [0.29, 0.717) is 19.3 Å². The number of esters is 2. The largest absolute Gasteiger partial charge is 0.472 e. The Balaban J connectivity index is 4.57. The number of carbonyl (C=O) groups is 2. The van der Waals surface area contributed by atoms with E-state index in [-0.39, 0.29) is 12.8 Å². The lowest BCUT2D eigenvalue weighted by atomic mass is 10.1. The van der Waals surface area contributed by atoms with Gasteiger partial charge in [-0.25, -0.2) is 4.57 Å². The highest BCUT2D eigenvalue weighted by atomic mass is 31.2. The summed E-state index contributed by atoms with van der Waals surface area (Å²) in [5.74, 6) is -1.17. The highest BCUT2D eigenvalue weighted by molar-refractivity contribution is 7.47. The molecule has 58 heavy (non-hydrogen) atoms. The first-order valence-corrected chi connectivity index (χ1v) is 22.8. The number of hydrogen-bond donors (Lipinski definition) is 4. The van der Waals surface area contributed by atoms with Crippen LogP contribution in [0.3, 0.4) is 0 Å². The van der Waals surface area contributed by atoms with E-state index < -0.39 is 64.5 Å². The van der Waals surface area contributed by atoms with Gasteiger partial charge >= 0.3 is 19.8 Å². The van der Waals surface area contributed by atoms with Crippen molar-refractivity contribution in [1.82, 2.24) is 0 Å². The van der Waals surface area contributed by atoms with Gasteiger partial charge < -0.3 is 29.7 Å². The second-order valence-corrected chi connectivity index (χ2v) is 15.3. The minimum absolute atomic E-state index is 0.0575. The molecule has 0 bridgehead atoms. The predicted octanol–water partition coefficient (Wildman–Crippen LogP) is 10.2. The normalized spacial score (nSPS) is 15.3. The molecule has 330 valence electrons. The van der Waals surface area contributed by atoms with E-state index in [2.05, 4.69) is 91.3 Å². The van der Waals surface area contributed by atoms with Gasteiger partial charge in [-0.3, -0.25) is 18.6 Å². The number of phosphoric ester groups is 1. The summed E-state index contributed by atoms with van der Waals surface area (Å²) < 4.78 is 32.5. The van der Waals surface area contributed by atoms with Crippen LogP contribution in [0, 0.1) is 0 Å². The summed E-state index contributed by atoms with van der Waals surface area (Å²) in [6, 6.07) is 0. The summed E-state index contributed by atoms with van der Waals surface area (Å²) >= 11 is 0. The van der Waals surface area contributed by atoms with Gasteiger partial charge in [-0.2, -0.15) is 0 Å². The molecule has 12 heteroatoms. The number of rotatable bonds is 38. The maximum absolute atomic E-state index is 12.6. The molecule has 0 spiro atoms. The van der Waals surface area contributed by atoms with Crippen LogP contribution in [0.4, 0.5) is 0 Å². The molecule has 0 rings (SSSR count). The first-order valence-electron chi connectivity index (χ1n) is 21.3. The first kappa shape index (κ1) is 54.9. The van der Waals surface area contributed by atoms with Gasteiger partial charge in [0.25, 0.3) is 0 Å². The zero-order valence-corrected chi connectivity index (χ0v) is 36.2. The van der Waals surface area contributed by atoms with Crippen molar-refractivity contribution in [2.75, 3.05) is 26.4 Å². The number of unbranched alkanes of at least 4 members (excludes halogenated alkanes) is 7. The fraction of sp³-hybridized carbons (Fsp3) is 0.609. The maximum Gasteiger partial charge on any atom is 0.472 e. The van der Waals surface area contributed by atoms with Gasteiger partial charge in [0.05, 0.1) is 25.9 Å². The summed E-state index contributed by atoms with van der Waals surface area (Å²) in [6.45, 7) is 1.96. The Morgan fingerprint density at radius 2 is 1.14 bits per heavy atom. The van der Waals surface area contributed by atoms with Crippen molar-refractivity contribution in [3.63, 3.8) is 0 Å². The molecule has 0 saturated heterocycles. The minimum Gasteiger partial charge on any atom is -0.462 e. The molecule has 0 aliphatic heterocycles. The maximum atomic E-state index is 12.6. The van der Waals surface area contributed by atoms with E-state index in [9.17, 15) is 29.3 Å². The third kappa shape index (κ3) is 39.7. The average Bonchev–Trinajstić information content (AvgIpc) is 3.20. The van der Waals surface area contributed by atoms with E-state index in [1.807, 2.05) is 12.2 Å². The van der Waals surface area contributed by atoms with Crippen LogP contribution in [0.15, 0.2) is 97.2 Å². The van der Waals surface area contributed by atoms with E-state index in [1.165, 1.54) is 19.3 Å². The van der Waals surface area contributed by atoms with Gasteiger partial charge in [-0.1, -0.05) is 137 Å². The molecule has 4 N–H and O–H groups in total. The Labute approximate surface area is 349 Å². The second-order valence-electron chi connectivity index (χ2n) is 13.8. The summed E-state index contributed by atoms with van der Waals surface area (Å²) in [5.41, 5.74) is 0. The second kappa shape index (κ2) is 40.6. The molecule has 0 aromatic heterocycles. The summed E-state index contributed by atoms with van der Waals surface area (Å²) in [5, 5.41) is 28.6. The van der Waals surface area contributed by atoms with E-state index in [0.717, 1.165) is 70.6 Å². The van der Waals surface area contributed by atoms with Crippen LogP contribution < -0.4 is 0 Å². The molecular formula is C46H75O11P. The van der Waals surface area contributed by atoms with Gasteiger partial charge in [0.1, 0.15) is 12.7 Å². The molecule has 0 aliphatic carbocycles. The van der Waals surface area contributed by atoms with Crippen LogP contribution >= 0.6 is 7.82 Å². The number of aliphatic hydroxyl groups excluding tert-OH is 3. The number of allylic oxidation sites excluding steroid dienone is 15. The van der Waals surface area contributed by atoms with Crippen molar-refractivity contribution >= 4 is 19.8 Å².